The van der Waals surface area contributed by atoms with E-state index in [-0.39, 0.29) is 29.7 Å². The zero-order valence-corrected chi connectivity index (χ0v) is 12.5. The Labute approximate surface area is 128 Å². The predicted octanol–water partition coefficient (Wildman–Crippen LogP) is 2.67. The van der Waals surface area contributed by atoms with E-state index in [1.54, 1.807) is 0 Å². The maximum Gasteiger partial charge on any atom is 0.228 e. The third kappa shape index (κ3) is 2.79. The zero-order chi connectivity index (χ0) is 15.7. The van der Waals surface area contributed by atoms with Gasteiger partial charge < -0.3 is 15.8 Å². The fourth-order valence-corrected chi connectivity index (χ4v) is 2.50. The van der Waals surface area contributed by atoms with Crippen LogP contribution in [0, 0.1) is 5.92 Å². The Bertz CT molecular complexity index is 679. The van der Waals surface area contributed by atoms with Crippen molar-refractivity contribution in [2.75, 3.05) is 17.7 Å². The standard InChI is InChI=1S/C15H18FN5O/c1-8-7-22-11-6-4-3-5-10(11)12(8)18-15-20-13(9(2)16)19-14(17)21-15/h3-6,8-9,12H,7H2,1-2H3,(H3,17,18,19,20,21)/t8-,9+,12+/m0/s1. The van der Waals surface area contributed by atoms with Crippen molar-refractivity contribution in [3.8, 4) is 5.75 Å². The van der Waals surface area contributed by atoms with E-state index in [2.05, 4.69) is 27.2 Å². The van der Waals surface area contributed by atoms with Gasteiger partial charge in [-0.25, -0.2) is 4.39 Å². The second-order valence-corrected chi connectivity index (χ2v) is 5.44. The number of ether oxygens (including phenoxy) is 1. The van der Waals surface area contributed by atoms with Gasteiger partial charge in [0, 0.05) is 11.5 Å². The van der Waals surface area contributed by atoms with Gasteiger partial charge >= 0.3 is 0 Å². The number of alkyl halides is 1. The van der Waals surface area contributed by atoms with Crippen LogP contribution in [0.4, 0.5) is 16.3 Å². The lowest BCUT2D eigenvalue weighted by Gasteiger charge is -2.32. The number of hydrogen-bond acceptors (Lipinski definition) is 6. The highest BCUT2D eigenvalue weighted by Gasteiger charge is 2.28. The molecule has 22 heavy (non-hydrogen) atoms. The lowest BCUT2D eigenvalue weighted by atomic mass is 9.92. The molecule has 0 spiro atoms. The van der Waals surface area contributed by atoms with Gasteiger partial charge in [-0.2, -0.15) is 15.0 Å². The predicted molar refractivity (Wildman–Crippen MR) is 81.2 cm³/mol. The van der Waals surface area contributed by atoms with Crippen LogP contribution >= 0.6 is 0 Å². The molecule has 3 rings (SSSR count). The highest BCUT2D eigenvalue weighted by Crippen LogP contribution is 2.36. The van der Waals surface area contributed by atoms with E-state index in [0.717, 1.165) is 11.3 Å². The molecular formula is C15H18FN5O. The smallest absolute Gasteiger partial charge is 0.228 e. The van der Waals surface area contributed by atoms with Crippen molar-refractivity contribution in [3.05, 3.63) is 35.7 Å². The van der Waals surface area contributed by atoms with Crippen LogP contribution in [-0.2, 0) is 0 Å². The average Bonchev–Trinajstić information content (AvgIpc) is 2.49. The molecule has 2 aromatic rings. The Hall–Kier alpha value is -2.44. The number of rotatable bonds is 3. The number of nitrogen functional groups attached to an aromatic ring is 1. The van der Waals surface area contributed by atoms with Gasteiger partial charge in [0.2, 0.25) is 11.9 Å². The summed E-state index contributed by atoms with van der Waals surface area (Å²) in [6.07, 6.45) is -1.30. The fourth-order valence-electron chi connectivity index (χ4n) is 2.50. The number of fused-ring (bicyclic) bond motifs is 1. The third-order valence-electron chi connectivity index (χ3n) is 3.64. The van der Waals surface area contributed by atoms with Gasteiger partial charge in [0.05, 0.1) is 12.6 Å². The fraction of sp³-hybridized carbons (Fsp3) is 0.400. The Kier molecular flexibility index (Phi) is 3.79. The molecule has 0 aliphatic carbocycles. The monoisotopic (exact) mass is 303 g/mol. The second kappa shape index (κ2) is 5.75. The topological polar surface area (TPSA) is 86.0 Å². The molecule has 3 atom stereocenters. The number of nitrogens with two attached hydrogens (primary N) is 1. The number of nitrogens with zero attached hydrogens (tertiary/aromatic N) is 3. The molecule has 7 heteroatoms. The van der Waals surface area contributed by atoms with Crippen LogP contribution in [0.5, 0.6) is 5.75 Å². The molecule has 0 unspecified atom stereocenters. The summed E-state index contributed by atoms with van der Waals surface area (Å²) in [5, 5.41) is 3.23. The molecule has 0 radical (unpaired) electrons. The molecule has 0 bridgehead atoms. The van der Waals surface area contributed by atoms with Crippen LogP contribution in [0.25, 0.3) is 0 Å². The van der Waals surface area contributed by atoms with E-state index in [0.29, 0.717) is 6.61 Å². The molecule has 6 nitrogen and oxygen atoms in total. The Balaban J connectivity index is 1.93. The van der Waals surface area contributed by atoms with Gasteiger partial charge in [-0.05, 0) is 13.0 Å². The number of para-hydroxylation sites is 1. The second-order valence-electron chi connectivity index (χ2n) is 5.44. The van der Waals surface area contributed by atoms with Crippen molar-refractivity contribution in [1.82, 2.24) is 15.0 Å². The summed E-state index contributed by atoms with van der Waals surface area (Å²) in [6, 6.07) is 7.76. The van der Waals surface area contributed by atoms with Crippen LogP contribution in [0.15, 0.2) is 24.3 Å². The summed E-state index contributed by atoms with van der Waals surface area (Å²) >= 11 is 0. The molecule has 2 heterocycles. The molecule has 1 aliphatic heterocycles. The number of hydrogen-bond donors (Lipinski definition) is 2. The summed E-state index contributed by atoms with van der Waals surface area (Å²) in [5.41, 5.74) is 6.66. The van der Waals surface area contributed by atoms with E-state index in [1.165, 1.54) is 6.92 Å². The molecule has 0 amide bonds. The Morgan fingerprint density at radius 2 is 2.09 bits per heavy atom. The Morgan fingerprint density at radius 1 is 1.32 bits per heavy atom. The summed E-state index contributed by atoms with van der Waals surface area (Å²) in [7, 11) is 0. The van der Waals surface area contributed by atoms with Gasteiger partial charge in [0.1, 0.15) is 5.75 Å². The van der Waals surface area contributed by atoms with E-state index >= 15 is 0 Å². The molecule has 0 saturated heterocycles. The van der Waals surface area contributed by atoms with Gasteiger partial charge in [-0.1, -0.05) is 25.1 Å². The number of halogens is 1. The normalized spacial score (nSPS) is 21.6. The first kappa shape index (κ1) is 14.5. The van der Waals surface area contributed by atoms with Crippen LogP contribution in [0.2, 0.25) is 0 Å². The first-order valence-corrected chi connectivity index (χ1v) is 7.18. The maximum absolute atomic E-state index is 13.4. The minimum atomic E-state index is -1.30. The SMILES string of the molecule is C[C@@H](F)c1nc(N)nc(N[C@H]2c3ccccc3OC[C@@H]2C)n1. The van der Waals surface area contributed by atoms with Gasteiger partial charge in [-0.3, -0.25) is 0 Å². The highest BCUT2D eigenvalue weighted by molar-refractivity contribution is 5.43. The molecule has 1 aromatic carbocycles. The number of nitrogens with one attached hydrogen (secondary N) is 1. The van der Waals surface area contributed by atoms with Gasteiger partial charge in [0.15, 0.2) is 12.0 Å². The number of aromatic nitrogens is 3. The van der Waals surface area contributed by atoms with Crippen LogP contribution < -0.4 is 15.8 Å². The quantitative estimate of drug-likeness (QED) is 0.906. The molecular weight excluding hydrogens is 285 g/mol. The van der Waals surface area contributed by atoms with Gasteiger partial charge in [0.25, 0.3) is 0 Å². The van der Waals surface area contributed by atoms with Crippen molar-refractivity contribution >= 4 is 11.9 Å². The molecule has 116 valence electrons. The van der Waals surface area contributed by atoms with E-state index < -0.39 is 6.17 Å². The van der Waals surface area contributed by atoms with Crippen LogP contribution in [0.1, 0.15) is 37.4 Å². The van der Waals surface area contributed by atoms with Crippen molar-refractivity contribution in [3.63, 3.8) is 0 Å². The largest absolute Gasteiger partial charge is 0.493 e. The lowest BCUT2D eigenvalue weighted by Crippen LogP contribution is -2.29. The van der Waals surface area contributed by atoms with Crippen molar-refractivity contribution in [2.45, 2.75) is 26.1 Å². The van der Waals surface area contributed by atoms with Crippen molar-refractivity contribution < 1.29 is 9.13 Å². The Morgan fingerprint density at radius 3 is 2.86 bits per heavy atom. The van der Waals surface area contributed by atoms with E-state index in [4.69, 9.17) is 10.5 Å². The zero-order valence-electron chi connectivity index (χ0n) is 12.5. The summed E-state index contributed by atoms with van der Waals surface area (Å²) in [5.74, 6) is 1.35. The lowest BCUT2D eigenvalue weighted by molar-refractivity contribution is 0.214. The van der Waals surface area contributed by atoms with E-state index in [9.17, 15) is 4.39 Å². The number of anilines is 2. The van der Waals surface area contributed by atoms with Crippen molar-refractivity contribution in [1.29, 1.82) is 0 Å². The minimum absolute atomic E-state index is 0.00463. The molecule has 3 N–H and O–H groups in total. The summed E-state index contributed by atoms with van der Waals surface area (Å²) < 4.78 is 19.1. The molecule has 0 fully saturated rings. The minimum Gasteiger partial charge on any atom is -0.493 e. The van der Waals surface area contributed by atoms with Crippen LogP contribution in [-0.4, -0.2) is 21.6 Å². The summed E-state index contributed by atoms with van der Waals surface area (Å²) in [4.78, 5) is 12.0. The first-order chi connectivity index (χ1) is 10.5. The third-order valence-corrected chi connectivity index (χ3v) is 3.64. The van der Waals surface area contributed by atoms with E-state index in [1.807, 2.05) is 24.3 Å². The first-order valence-electron chi connectivity index (χ1n) is 7.18. The number of benzene rings is 1. The highest BCUT2D eigenvalue weighted by atomic mass is 19.1. The summed E-state index contributed by atoms with van der Waals surface area (Å²) in [6.45, 7) is 4.02. The molecule has 0 saturated carbocycles. The van der Waals surface area contributed by atoms with Gasteiger partial charge in [-0.15, -0.1) is 0 Å². The van der Waals surface area contributed by atoms with Crippen LogP contribution in [0.3, 0.4) is 0 Å². The molecule has 1 aromatic heterocycles. The molecule has 1 aliphatic rings. The average molecular weight is 303 g/mol. The maximum atomic E-state index is 13.4. The van der Waals surface area contributed by atoms with Crippen molar-refractivity contribution in [2.24, 2.45) is 5.92 Å².